The number of hydrogen-bond acceptors (Lipinski definition) is 0. The topological polar surface area (TPSA) is 0 Å². The Morgan fingerprint density at radius 1 is 1.17 bits per heavy atom. The summed E-state index contributed by atoms with van der Waals surface area (Å²) in [7, 11) is 0. The highest BCUT2D eigenvalue weighted by molar-refractivity contribution is 5.05. The maximum Gasteiger partial charge on any atom is -0.0116 e. The Labute approximate surface area is 148 Å². The average molecular weight is 323 g/mol. The third-order valence-electron chi connectivity index (χ3n) is 4.99. The molecule has 23 heavy (non-hydrogen) atoms. The van der Waals surface area contributed by atoms with Crippen LogP contribution in [0.5, 0.6) is 0 Å². The lowest BCUT2D eigenvalue weighted by Gasteiger charge is -2.44. The smallest absolute Gasteiger partial charge is 0.0116 e. The Kier molecular flexibility index (Phi) is 16.2. The fourth-order valence-corrected chi connectivity index (χ4v) is 3.58. The Balaban J connectivity index is 0. The predicted molar refractivity (Wildman–Crippen MR) is 110 cm³/mol. The normalized spacial score (nSPS) is 27.8. The highest BCUT2D eigenvalue weighted by Crippen LogP contribution is 2.47. The van der Waals surface area contributed by atoms with E-state index in [1.54, 1.807) is 5.57 Å². The lowest BCUT2D eigenvalue weighted by Crippen LogP contribution is -2.34. The lowest BCUT2D eigenvalue weighted by molar-refractivity contribution is 0.103. The van der Waals surface area contributed by atoms with Crippen molar-refractivity contribution in [3.8, 4) is 0 Å². The van der Waals surface area contributed by atoms with Gasteiger partial charge in [0.2, 0.25) is 0 Å². The first-order valence-electron chi connectivity index (χ1n) is 10.2. The van der Waals surface area contributed by atoms with Gasteiger partial charge < -0.3 is 0 Å². The van der Waals surface area contributed by atoms with Gasteiger partial charge in [-0.05, 0) is 56.8 Å². The van der Waals surface area contributed by atoms with Gasteiger partial charge in [0.05, 0.1) is 0 Å². The predicted octanol–water partition coefficient (Wildman–Crippen LogP) is 8.58. The molecule has 138 valence electrons. The second-order valence-corrected chi connectivity index (χ2v) is 7.17. The first-order valence-corrected chi connectivity index (χ1v) is 10.2. The van der Waals surface area contributed by atoms with Crippen LogP contribution in [0.4, 0.5) is 0 Å². The van der Waals surface area contributed by atoms with E-state index in [4.69, 9.17) is 0 Å². The molecule has 0 amide bonds. The Morgan fingerprint density at radius 3 is 2.22 bits per heavy atom. The van der Waals surface area contributed by atoms with E-state index in [2.05, 4.69) is 66.7 Å². The molecule has 0 heterocycles. The molecule has 0 nitrogen and oxygen atoms in total. The van der Waals surface area contributed by atoms with E-state index < -0.39 is 0 Å². The molecule has 0 bridgehead atoms. The minimum absolute atomic E-state index is 0.446. The summed E-state index contributed by atoms with van der Waals surface area (Å²) in [4.78, 5) is 0. The van der Waals surface area contributed by atoms with Crippen LogP contribution in [0.1, 0.15) is 107 Å². The monoisotopic (exact) mass is 322 g/mol. The van der Waals surface area contributed by atoms with Crippen LogP contribution in [0, 0.1) is 17.3 Å². The second-order valence-electron chi connectivity index (χ2n) is 7.17. The van der Waals surface area contributed by atoms with Crippen molar-refractivity contribution in [1.82, 2.24) is 0 Å². The fraction of sp³-hybridized carbons (Fsp3) is 0.826. The highest BCUT2D eigenvalue weighted by atomic mass is 14.4. The van der Waals surface area contributed by atoms with Gasteiger partial charge >= 0.3 is 0 Å². The van der Waals surface area contributed by atoms with Crippen LogP contribution in [-0.4, -0.2) is 0 Å². The van der Waals surface area contributed by atoms with Gasteiger partial charge in [-0.3, -0.25) is 0 Å². The van der Waals surface area contributed by atoms with Gasteiger partial charge in [-0.1, -0.05) is 91.5 Å². The highest BCUT2D eigenvalue weighted by Gasteiger charge is 2.37. The summed E-state index contributed by atoms with van der Waals surface area (Å²) < 4.78 is 0. The SMILES string of the molecule is C/C=C(\C)CCC1C(C)CCCC1(C)/C=C/CC.CC.CCC. The van der Waals surface area contributed by atoms with Gasteiger partial charge in [0, 0.05) is 0 Å². The van der Waals surface area contributed by atoms with Gasteiger partial charge in [0.1, 0.15) is 0 Å². The molecule has 0 aromatic carbocycles. The Morgan fingerprint density at radius 2 is 1.74 bits per heavy atom. The van der Waals surface area contributed by atoms with Crippen LogP contribution in [0.25, 0.3) is 0 Å². The molecule has 0 aromatic heterocycles. The molecule has 0 spiro atoms. The van der Waals surface area contributed by atoms with Gasteiger partial charge in [-0.25, -0.2) is 0 Å². The quantitative estimate of drug-likeness (QED) is 0.444. The van der Waals surface area contributed by atoms with E-state index in [1.165, 1.54) is 44.9 Å². The average Bonchev–Trinajstić information content (AvgIpc) is 2.55. The Bertz CT molecular complexity index is 310. The molecule has 1 aliphatic carbocycles. The van der Waals surface area contributed by atoms with Crippen molar-refractivity contribution in [2.45, 2.75) is 107 Å². The zero-order chi connectivity index (χ0) is 18.3. The van der Waals surface area contributed by atoms with Crippen LogP contribution in [0.15, 0.2) is 23.8 Å². The van der Waals surface area contributed by atoms with Crippen molar-refractivity contribution < 1.29 is 0 Å². The molecule has 0 N–H and O–H groups in total. The molecule has 0 aliphatic heterocycles. The van der Waals surface area contributed by atoms with Crippen LogP contribution in [0.2, 0.25) is 0 Å². The van der Waals surface area contributed by atoms with Crippen molar-refractivity contribution in [3.63, 3.8) is 0 Å². The molecule has 1 aliphatic rings. The summed E-state index contributed by atoms with van der Waals surface area (Å²) in [6, 6.07) is 0. The van der Waals surface area contributed by atoms with E-state index in [1.807, 2.05) is 13.8 Å². The summed E-state index contributed by atoms with van der Waals surface area (Å²) in [5.41, 5.74) is 2.00. The third-order valence-corrected chi connectivity index (χ3v) is 4.99. The minimum atomic E-state index is 0.446. The molecular formula is C23H46. The van der Waals surface area contributed by atoms with Gasteiger partial charge in [0.25, 0.3) is 0 Å². The zero-order valence-corrected chi connectivity index (χ0v) is 17.8. The third kappa shape index (κ3) is 10.0. The fourth-order valence-electron chi connectivity index (χ4n) is 3.58. The van der Waals surface area contributed by atoms with Crippen molar-refractivity contribution >= 4 is 0 Å². The second kappa shape index (κ2) is 15.0. The first kappa shape index (κ1) is 24.7. The van der Waals surface area contributed by atoms with Gasteiger partial charge in [0.15, 0.2) is 0 Å². The summed E-state index contributed by atoms with van der Waals surface area (Å²) >= 11 is 0. The van der Waals surface area contributed by atoms with Crippen LogP contribution in [0.3, 0.4) is 0 Å². The number of allylic oxidation sites excluding steroid dienone is 4. The van der Waals surface area contributed by atoms with Crippen LogP contribution in [-0.2, 0) is 0 Å². The van der Waals surface area contributed by atoms with E-state index >= 15 is 0 Å². The molecule has 3 atom stereocenters. The molecule has 1 fully saturated rings. The molecular weight excluding hydrogens is 276 g/mol. The molecule has 0 heteroatoms. The van der Waals surface area contributed by atoms with E-state index in [-0.39, 0.29) is 0 Å². The molecule has 3 unspecified atom stereocenters. The molecule has 1 saturated carbocycles. The summed E-state index contributed by atoms with van der Waals surface area (Å²) in [5.74, 6) is 1.75. The molecule has 0 radical (unpaired) electrons. The van der Waals surface area contributed by atoms with E-state index in [9.17, 15) is 0 Å². The maximum atomic E-state index is 2.53. The summed E-state index contributed by atoms with van der Waals surface area (Å²) in [5, 5.41) is 0. The Hall–Kier alpha value is -0.520. The minimum Gasteiger partial charge on any atom is -0.0887 e. The van der Waals surface area contributed by atoms with Crippen molar-refractivity contribution in [2.75, 3.05) is 0 Å². The van der Waals surface area contributed by atoms with E-state index in [0.717, 1.165) is 11.8 Å². The largest absolute Gasteiger partial charge is 0.0887 e. The number of rotatable bonds is 5. The standard InChI is InChI=1S/C18H32.C3H8.C2H6/c1-6-8-13-18(5)14-9-10-16(4)17(18)12-11-15(3)7-2;1-3-2;1-2/h7-8,13,16-17H,6,9-12,14H2,1-5H3;3H2,1-2H3;1-2H3/b13-8+,15-7+;;. The number of hydrogen-bond donors (Lipinski definition) is 0. The molecule has 1 rings (SSSR count). The van der Waals surface area contributed by atoms with Gasteiger partial charge in [-0.2, -0.15) is 0 Å². The zero-order valence-electron chi connectivity index (χ0n) is 17.8. The van der Waals surface area contributed by atoms with Crippen LogP contribution >= 0.6 is 0 Å². The molecule has 0 aromatic rings. The lowest BCUT2D eigenvalue weighted by atomic mass is 9.61. The van der Waals surface area contributed by atoms with Crippen molar-refractivity contribution in [2.24, 2.45) is 17.3 Å². The first-order chi connectivity index (χ1) is 10.9. The maximum absolute atomic E-state index is 2.53. The van der Waals surface area contributed by atoms with Gasteiger partial charge in [-0.15, -0.1) is 0 Å². The van der Waals surface area contributed by atoms with Crippen molar-refractivity contribution in [3.05, 3.63) is 23.8 Å². The molecule has 0 saturated heterocycles. The summed E-state index contributed by atoms with van der Waals surface area (Å²) in [6.45, 7) is 19.9. The van der Waals surface area contributed by atoms with Crippen LogP contribution < -0.4 is 0 Å². The van der Waals surface area contributed by atoms with E-state index in [0.29, 0.717) is 5.41 Å². The van der Waals surface area contributed by atoms with Crippen molar-refractivity contribution in [1.29, 1.82) is 0 Å². The summed E-state index contributed by atoms with van der Waals surface area (Å²) in [6.07, 6.45) is 16.5.